The van der Waals surface area contributed by atoms with Gasteiger partial charge in [0, 0.05) is 16.8 Å². The SMILES string of the molecule is Cc1nc(CN2CCC(C)C2CCl)sc1C. The minimum Gasteiger partial charge on any atom is -0.292 e. The van der Waals surface area contributed by atoms with E-state index in [1.54, 1.807) is 0 Å². The molecule has 0 N–H and O–H groups in total. The summed E-state index contributed by atoms with van der Waals surface area (Å²) in [6, 6.07) is 0.533. The molecule has 90 valence electrons. The second kappa shape index (κ2) is 5.03. The van der Waals surface area contributed by atoms with Crippen molar-refractivity contribution in [3.63, 3.8) is 0 Å². The monoisotopic (exact) mass is 258 g/mol. The number of hydrogen-bond donors (Lipinski definition) is 0. The first-order valence-electron chi connectivity index (χ1n) is 5.84. The fourth-order valence-corrected chi connectivity index (χ4v) is 3.77. The Hall–Kier alpha value is -0.120. The van der Waals surface area contributed by atoms with E-state index in [-0.39, 0.29) is 0 Å². The molecule has 2 rings (SSSR count). The first kappa shape index (κ1) is 12.3. The van der Waals surface area contributed by atoms with E-state index in [0.29, 0.717) is 6.04 Å². The second-order valence-corrected chi connectivity index (χ2v) is 6.30. The number of rotatable bonds is 3. The average Bonchev–Trinajstić information content (AvgIpc) is 2.72. The highest BCUT2D eigenvalue weighted by atomic mass is 35.5. The molecular formula is C12H19ClN2S. The van der Waals surface area contributed by atoms with Gasteiger partial charge in [0.25, 0.3) is 0 Å². The van der Waals surface area contributed by atoms with Crippen molar-refractivity contribution in [3.8, 4) is 0 Å². The van der Waals surface area contributed by atoms with Gasteiger partial charge in [-0.3, -0.25) is 4.90 Å². The standard InChI is InChI=1S/C12H19ClN2S/c1-8-4-5-15(11(8)6-13)7-12-14-9(2)10(3)16-12/h8,11H,4-7H2,1-3H3. The molecule has 16 heavy (non-hydrogen) atoms. The summed E-state index contributed by atoms with van der Waals surface area (Å²) in [5.74, 6) is 1.46. The number of nitrogens with zero attached hydrogens (tertiary/aromatic N) is 2. The van der Waals surface area contributed by atoms with Crippen LogP contribution in [-0.2, 0) is 6.54 Å². The molecular weight excluding hydrogens is 240 g/mol. The lowest BCUT2D eigenvalue weighted by Crippen LogP contribution is -2.33. The van der Waals surface area contributed by atoms with E-state index in [9.17, 15) is 0 Å². The molecule has 2 unspecified atom stereocenters. The van der Waals surface area contributed by atoms with Crippen LogP contribution in [-0.4, -0.2) is 28.4 Å². The maximum absolute atomic E-state index is 6.04. The molecule has 2 heterocycles. The zero-order valence-electron chi connectivity index (χ0n) is 10.2. The Kier molecular flexibility index (Phi) is 3.88. The topological polar surface area (TPSA) is 16.1 Å². The van der Waals surface area contributed by atoms with Gasteiger partial charge in [0.15, 0.2) is 0 Å². The van der Waals surface area contributed by atoms with Gasteiger partial charge >= 0.3 is 0 Å². The van der Waals surface area contributed by atoms with E-state index in [4.69, 9.17) is 11.6 Å². The first-order chi connectivity index (χ1) is 7.61. The van der Waals surface area contributed by atoms with Crippen LogP contribution in [0.2, 0.25) is 0 Å². The molecule has 1 aromatic rings. The second-order valence-electron chi connectivity index (χ2n) is 4.71. The predicted molar refractivity (Wildman–Crippen MR) is 70.3 cm³/mol. The van der Waals surface area contributed by atoms with Crippen LogP contribution in [0.15, 0.2) is 0 Å². The number of alkyl halides is 1. The Labute approximate surface area is 107 Å². The van der Waals surface area contributed by atoms with Crippen LogP contribution in [0, 0.1) is 19.8 Å². The molecule has 4 heteroatoms. The number of halogens is 1. The maximum Gasteiger partial charge on any atom is 0.107 e. The maximum atomic E-state index is 6.04. The van der Waals surface area contributed by atoms with Gasteiger partial charge in [-0.25, -0.2) is 4.98 Å². The third-order valence-corrected chi connectivity index (χ3v) is 4.94. The van der Waals surface area contributed by atoms with Crippen molar-refractivity contribution in [1.29, 1.82) is 0 Å². The molecule has 0 spiro atoms. The summed E-state index contributed by atoms with van der Waals surface area (Å²) in [6.07, 6.45) is 1.26. The molecule has 0 amide bonds. The van der Waals surface area contributed by atoms with Gasteiger partial charge in [-0.15, -0.1) is 22.9 Å². The molecule has 0 saturated carbocycles. The summed E-state index contributed by atoms with van der Waals surface area (Å²) in [5, 5.41) is 1.24. The van der Waals surface area contributed by atoms with Crippen LogP contribution in [0.25, 0.3) is 0 Å². The van der Waals surface area contributed by atoms with Crippen molar-refractivity contribution in [2.24, 2.45) is 5.92 Å². The van der Waals surface area contributed by atoms with Gasteiger partial charge in [0.1, 0.15) is 5.01 Å². The number of hydrogen-bond acceptors (Lipinski definition) is 3. The van der Waals surface area contributed by atoms with Crippen molar-refractivity contribution in [1.82, 2.24) is 9.88 Å². The summed E-state index contributed by atoms with van der Waals surface area (Å²) in [5.41, 5.74) is 1.18. The van der Waals surface area contributed by atoms with Crippen LogP contribution >= 0.6 is 22.9 Å². The van der Waals surface area contributed by atoms with Gasteiger partial charge in [-0.05, 0) is 32.7 Å². The van der Waals surface area contributed by atoms with Crippen molar-refractivity contribution < 1.29 is 0 Å². The highest BCUT2D eigenvalue weighted by Crippen LogP contribution is 2.28. The zero-order valence-corrected chi connectivity index (χ0v) is 11.7. The summed E-state index contributed by atoms with van der Waals surface area (Å²) >= 11 is 7.86. The molecule has 1 saturated heterocycles. The smallest absolute Gasteiger partial charge is 0.107 e. The molecule has 0 aliphatic carbocycles. The fraction of sp³-hybridized carbons (Fsp3) is 0.750. The quantitative estimate of drug-likeness (QED) is 0.774. The van der Waals surface area contributed by atoms with E-state index < -0.39 is 0 Å². The van der Waals surface area contributed by atoms with Crippen LogP contribution < -0.4 is 0 Å². The van der Waals surface area contributed by atoms with E-state index in [2.05, 4.69) is 30.7 Å². The minimum atomic E-state index is 0.533. The predicted octanol–water partition coefficient (Wildman–Crippen LogP) is 3.21. The molecule has 1 aliphatic rings. The summed E-state index contributed by atoms with van der Waals surface area (Å²) < 4.78 is 0. The fourth-order valence-electron chi connectivity index (χ4n) is 2.31. The number of thiazole rings is 1. The zero-order chi connectivity index (χ0) is 11.7. The van der Waals surface area contributed by atoms with Crippen LogP contribution in [0.5, 0.6) is 0 Å². The third kappa shape index (κ3) is 2.41. The van der Waals surface area contributed by atoms with Crippen LogP contribution in [0.3, 0.4) is 0 Å². The Balaban J connectivity index is 2.04. The number of likely N-dealkylation sites (tertiary alicyclic amines) is 1. The lowest BCUT2D eigenvalue weighted by molar-refractivity contribution is 0.241. The van der Waals surface area contributed by atoms with Crippen LogP contribution in [0.4, 0.5) is 0 Å². The Morgan fingerprint density at radius 2 is 2.25 bits per heavy atom. The molecule has 0 bridgehead atoms. The third-order valence-electron chi connectivity index (χ3n) is 3.57. The lowest BCUT2D eigenvalue weighted by Gasteiger charge is -2.23. The van der Waals surface area contributed by atoms with Crippen molar-refractivity contribution in [3.05, 3.63) is 15.6 Å². The van der Waals surface area contributed by atoms with E-state index >= 15 is 0 Å². The van der Waals surface area contributed by atoms with Crippen LogP contribution in [0.1, 0.15) is 28.9 Å². The lowest BCUT2D eigenvalue weighted by atomic mass is 10.1. The molecule has 1 fully saturated rings. The van der Waals surface area contributed by atoms with Gasteiger partial charge in [-0.2, -0.15) is 0 Å². The summed E-state index contributed by atoms with van der Waals surface area (Å²) in [6.45, 7) is 8.66. The number of aryl methyl sites for hydroxylation is 2. The Bertz CT molecular complexity index is 344. The molecule has 1 aliphatic heterocycles. The summed E-state index contributed by atoms with van der Waals surface area (Å²) in [7, 11) is 0. The largest absolute Gasteiger partial charge is 0.292 e. The van der Waals surface area contributed by atoms with Gasteiger partial charge in [-0.1, -0.05) is 6.92 Å². The number of aromatic nitrogens is 1. The molecule has 0 aromatic carbocycles. The minimum absolute atomic E-state index is 0.533. The molecule has 0 radical (unpaired) electrons. The molecule has 2 atom stereocenters. The summed E-state index contributed by atoms with van der Waals surface area (Å²) in [4.78, 5) is 8.42. The average molecular weight is 259 g/mol. The highest BCUT2D eigenvalue weighted by molar-refractivity contribution is 7.11. The first-order valence-corrected chi connectivity index (χ1v) is 7.20. The van der Waals surface area contributed by atoms with Crippen molar-refractivity contribution in [2.75, 3.05) is 12.4 Å². The van der Waals surface area contributed by atoms with E-state index in [1.165, 1.54) is 22.0 Å². The van der Waals surface area contributed by atoms with Gasteiger partial charge in [0.05, 0.1) is 12.2 Å². The highest BCUT2D eigenvalue weighted by Gasteiger charge is 2.30. The normalized spacial score (nSPS) is 26.5. The van der Waals surface area contributed by atoms with E-state index in [0.717, 1.165) is 24.9 Å². The molecule has 2 nitrogen and oxygen atoms in total. The van der Waals surface area contributed by atoms with Crippen molar-refractivity contribution >= 4 is 22.9 Å². The molecule has 1 aromatic heterocycles. The van der Waals surface area contributed by atoms with E-state index in [1.807, 2.05) is 11.3 Å². The van der Waals surface area contributed by atoms with Gasteiger partial charge in [0.2, 0.25) is 0 Å². The Morgan fingerprint density at radius 1 is 1.50 bits per heavy atom. The Morgan fingerprint density at radius 3 is 2.81 bits per heavy atom. The van der Waals surface area contributed by atoms with Crippen molar-refractivity contribution in [2.45, 2.75) is 39.8 Å². The van der Waals surface area contributed by atoms with Gasteiger partial charge < -0.3 is 0 Å².